The molecule has 96 valence electrons. The smallest absolute Gasteiger partial charge is 0.0845 e. The predicted molar refractivity (Wildman–Crippen MR) is 83.5 cm³/mol. The first kappa shape index (κ1) is 16.2. The van der Waals surface area contributed by atoms with Crippen molar-refractivity contribution in [2.75, 3.05) is 0 Å². The standard InChI is InChI=1S/C16H28Si/c1-13(2)9-17(10-14(3)4,11-15(5)6)12-16(7)8/h9-12H,1-8H3. The quantitative estimate of drug-likeness (QED) is 0.580. The molecule has 0 aliphatic carbocycles. The molecule has 0 aromatic carbocycles. The van der Waals surface area contributed by atoms with E-state index in [0.717, 1.165) is 0 Å². The molecule has 0 aromatic heterocycles. The zero-order valence-corrected chi connectivity index (χ0v) is 13.8. The summed E-state index contributed by atoms with van der Waals surface area (Å²) in [6.45, 7) is 17.5. The van der Waals surface area contributed by atoms with E-state index < -0.39 is 8.07 Å². The van der Waals surface area contributed by atoms with E-state index in [1.807, 2.05) is 0 Å². The second-order valence-electron chi connectivity index (χ2n) is 5.89. The maximum Gasteiger partial charge on any atom is 0.150 e. The van der Waals surface area contributed by atoms with E-state index in [2.05, 4.69) is 78.2 Å². The molecule has 0 rings (SSSR count). The van der Waals surface area contributed by atoms with E-state index in [4.69, 9.17) is 0 Å². The van der Waals surface area contributed by atoms with E-state index in [1.165, 1.54) is 22.3 Å². The highest BCUT2D eigenvalue weighted by molar-refractivity contribution is 6.97. The summed E-state index contributed by atoms with van der Waals surface area (Å²) in [7, 11) is -1.70. The van der Waals surface area contributed by atoms with Gasteiger partial charge in [0.2, 0.25) is 0 Å². The fourth-order valence-electron chi connectivity index (χ4n) is 2.25. The summed E-state index contributed by atoms with van der Waals surface area (Å²) >= 11 is 0. The Balaban J connectivity index is 5.89. The molecule has 0 radical (unpaired) electrons. The summed E-state index contributed by atoms with van der Waals surface area (Å²) in [5.74, 6) is 0. The van der Waals surface area contributed by atoms with Gasteiger partial charge in [0, 0.05) is 0 Å². The van der Waals surface area contributed by atoms with Gasteiger partial charge in [-0.1, -0.05) is 45.1 Å². The first-order valence-corrected chi connectivity index (χ1v) is 8.62. The van der Waals surface area contributed by atoms with Crippen LogP contribution in [0.15, 0.2) is 45.1 Å². The lowest BCUT2D eigenvalue weighted by molar-refractivity contribution is 1.36. The topological polar surface area (TPSA) is 0 Å². The molecule has 1 heteroatoms. The van der Waals surface area contributed by atoms with Crippen molar-refractivity contribution in [1.29, 1.82) is 0 Å². The molecule has 0 N–H and O–H groups in total. The van der Waals surface area contributed by atoms with Gasteiger partial charge >= 0.3 is 0 Å². The van der Waals surface area contributed by atoms with Crippen LogP contribution in [0.2, 0.25) is 0 Å². The average Bonchev–Trinajstić information content (AvgIpc) is 1.95. The highest BCUT2D eigenvalue weighted by atomic mass is 28.3. The summed E-state index contributed by atoms with van der Waals surface area (Å²) in [5.41, 5.74) is 15.5. The molecule has 0 aliphatic heterocycles. The van der Waals surface area contributed by atoms with E-state index in [-0.39, 0.29) is 0 Å². The van der Waals surface area contributed by atoms with E-state index in [0.29, 0.717) is 0 Å². The Hall–Kier alpha value is -0.823. The van der Waals surface area contributed by atoms with Crippen molar-refractivity contribution < 1.29 is 0 Å². The lowest BCUT2D eigenvalue weighted by atomic mass is 10.4. The van der Waals surface area contributed by atoms with Crippen LogP contribution in [-0.2, 0) is 0 Å². The Bertz CT molecular complexity index is 285. The number of hydrogen-bond acceptors (Lipinski definition) is 0. The summed E-state index contributed by atoms with van der Waals surface area (Å²) in [6, 6.07) is 0. The van der Waals surface area contributed by atoms with Crippen LogP contribution < -0.4 is 0 Å². The van der Waals surface area contributed by atoms with Crippen LogP contribution >= 0.6 is 0 Å². The average molecular weight is 248 g/mol. The van der Waals surface area contributed by atoms with Crippen LogP contribution in [0.4, 0.5) is 0 Å². The van der Waals surface area contributed by atoms with Crippen molar-refractivity contribution in [2.45, 2.75) is 55.4 Å². The Labute approximate surface area is 109 Å². The molecule has 0 amide bonds. The minimum atomic E-state index is -1.70. The molecule has 0 spiro atoms. The maximum absolute atomic E-state index is 2.47. The molecule has 0 atom stereocenters. The second kappa shape index (κ2) is 6.80. The molecule has 0 saturated heterocycles. The fraction of sp³-hybridized carbons (Fsp3) is 0.500. The van der Waals surface area contributed by atoms with Gasteiger partial charge in [0.05, 0.1) is 0 Å². The SMILES string of the molecule is CC(C)=C[Si](C=C(C)C)(C=C(C)C)C=C(C)C. The van der Waals surface area contributed by atoms with Crippen LogP contribution in [0, 0.1) is 0 Å². The molecule has 0 aromatic rings. The van der Waals surface area contributed by atoms with Gasteiger partial charge in [-0.3, -0.25) is 0 Å². The van der Waals surface area contributed by atoms with Gasteiger partial charge in [0.25, 0.3) is 0 Å². The maximum atomic E-state index is 2.47. The van der Waals surface area contributed by atoms with Gasteiger partial charge in [0.1, 0.15) is 8.07 Å². The molecule has 0 nitrogen and oxygen atoms in total. The predicted octanol–water partition coefficient (Wildman–Crippen LogP) is 5.46. The normalized spacial score (nSPS) is 10.4. The molecular formula is C16H28Si. The van der Waals surface area contributed by atoms with Crippen LogP contribution in [0.25, 0.3) is 0 Å². The molecule has 17 heavy (non-hydrogen) atoms. The molecule has 0 heterocycles. The first-order chi connectivity index (χ1) is 7.67. The van der Waals surface area contributed by atoms with Crippen molar-refractivity contribution in [2.24, 2.45) is 0 Å². The molecule has 0 aliphatic rings. The van der Waals surface area contributed by atoms with Gasteiger partial charge in [-0.25, -0.2) is 0 Å². The summed E-state index contributed by atoms with van der Waals surface area (Å²) in [5, 5.41) is 0. The van der Waals surface area contributed by atoms with Crippen LogP contribution in [0.1, 0.15) is 55.4 Å². The Morgan fingerprint density at radius 3 is 0.765 bits per heavy atom. The number of hydrogen-bond donors (Lipinski definition) is 0. The summed E-state index contributed by atoms with van der Waals surface area (Å²) < 4.78 is 0. The molecule has 0 unspecified atom stereocenters. The molecule has 0 saturated carbocycles. The summed E-state index contributed by atoms with van der Waals surface area (Å²) in [4.78, 5) is 0. The second-order valence-corrected chi connectivity index (χ2v) is 9.04. The lowest BCUT2D eigenvalue weighted by Gasteiger charge is -2.20. The largest absolute Gasteiger partial charge is 0.150 e. The van der Waals surface area contributed by atoms with Crippen LogP contribution in [0.3, 0.4) is 0 Å². The van der Waals surface area contributed by atoms with Crippen LogP contribution in [0.5, 0.6) is 0 Å². The van der Waals surface area contributed by atoms with E-state index in [1.54, 1.807) is 0 Å². The first-order valence-electron chi connectivity index (χ1n) is 6.31. The summed E-state index contributed by atoms with van der Waals surface area (Å²) in [6.07, 6.45) is 0. The Kier molecular flexibility index (Phi) is 6.47. The highest BCUT2D eigenvalue weighted by Crippen LogP contribution is 2.20. The molecular weight excluding hydrogens is 220 g/mol. The van der Waals surface area contributed by atoms with Gasteiger partial charge in [-0.05, 0) is 55.4 Å². The minimum Gasteiger partial charge on any atom is -0.0845 e. The third-order valence-corrected chi connectivity index (χ3v) is 6.46. The lowest BCUT2D eigenvalue weighted by Crippen LogP contribution is -2.27. The van der Waals surface area contributed by atoms with Gasteiger partial charge in [-0.15, -0.1) is 0 Å². The van der Waals surface area contributed by atoms with E-state index in [9.17, 15) is 0 Å². The number of allylic oxidation sites excluding steroid dienone is 4. The molecule has 0 fully saturated rings. The van der Waals surface area contributed by atoms with Crippen molar-refractivity contribution in [1.82, 2.24) is 0 Å². The Morgan fingerprint density at radius 1 is 0.471 bits per heavy atom. The van der Waals surface area contributed by atoms with Gasteiger partial charge in [-0.2, -0.15) is 0 Å². The van der Waals surface area contributed by atoms with Crippen molar-refractivity contribution in [3.63, 3.8) is 0 Å². The monoisotopic (exact) mass is 248 g/mol. The van der Waals surface area contributed by atoms with Gasteiger partial charge < -0.3 is 0 Å². The van der Waals surface area contributed by atoms with Crippen LogP contribution in [-0.4, -0.2) is 8.07 Å². The van der Waals surface area contributed by atoms with E-state index >= 15 is 0 Å². The molecule has 0 bridgehead atoms. The zero-order chi connectivity index (χ0) is 13.6. The fourth-order valence-corrected chi connectivity index (χ4v) is 6.75. The van der Waals surface area contributed by atoms with Crippen molar-refractivity contribution >= 4 is 8.07 Å². The number of rotatable bonds is 4. The Morgan fingerprint density at radius 2 is 0.647 bits per heavy atom. The third kappa shape index (κ3) is 7.17. The highest BCUT2D eigenvalue weighted by Gasteiger charge is 2.22. The van der Waals surface area contributed by atoms with Crippen molar-refractivity contribution in [3.8, 4) is 0 Å². The minimum absolute atomic E-state index is 1.41. The van der Waals surface area contributed by atoms with Gasteiger partial charge in [0.15, 0.2) is 0 Å². The third-order valence-electron chi connectivity index (χ3n) is 2.15. The zero-order valence-electron chi connectivity index (χ0n) is 12.8. The van der Waals surface area contributed by atoms with Crippen molar-refractivity contribution in [3.05, 3.63) is 45.1 Å².